The number of benzene rings is 2. The Morgan fingerprint density at radius 1 is 1.16 bits per heavy atom. The molecular weight excluding hydrogens is 389 g/mol. The highest BCUT2D eigenvalue weighted by Gasteiger charge is 2.13. The van der Waals surface area contributed by atoms with E-state index in [9.17, 15) is 13.2 Å². The fourth-order valence-electron chi connectivity index (χ4n) is 2.03. The summed E-state index contributed by atoms with van der Waals surface area (Å²) in [6.07, 6.45) is 1.20. The van der Waals surface area contributed by atoms with Gasteiger partial charge in [-0.3, -0.25) is 9.52 Å². The molecule has 0 aliphatic carbocycles. The molecule has 0 bridgehead atoms. The molecule has 0 aliphatic rings. The first-order valence-corrected chi connectivity index (χ1v) is 9.74. The van der Waals surface area contributed by atoms with E-state index in [1.807, 2.05) is 0 Å². The summed E-state index contributed by atoms with van der Waals surface area (Å²) in [5.41, 5.74) is 0.847. The van der Waals surface area contributed by atoms with E-state index >= 15 is 0 Å². The van der Waals surface area contributed by atoms with Gasteiger partial charge in [-0.2, -0.15) is 0 Å². The summed E-state index contributed by atoms with van der Waals surface area (Å²) in [4.78, 5) is 10.7. The van der Waals surface area contributed by atoms with E-state index < -0.39 is 16.0 Å². The highest BCUT2D eigenvalue weighted by Crippen LogP contribution is 2.36. The zero-order valence-corrected chi connectivity index (χ0v) is 15.5. The van der Waals surface area contributed by atoms with Crippen molar-refractivity contribution < 1.29 is 23.1 Å². The van der Waals surface area contributed by atoms with Gasteiger partial charge in [-0.1, -0.05) is 29.3 Å². The first-order chi connectivity index (χ1) is 11.6. The number of carboxylic acid groups (broad SMARTS) is 1. The Kier molecular flexibility index (Phi) is 6.16. The van der Waals surface area contributed by atoms with Crippen LogP contribution in [0.25, 0.3) is 0 Å². The van der Waals surface area contributed by atoms with E-state index in [0.29, 0.717) is 16.3 Å². The lowest BCUT2D eigenvalue weighted by Gasteiger charge is -2.14. The fraction of sp³-hybridized carbons (Fsp3) is 0.188. The summed E-state index contributed by atoms with van der Waals surface area (Å²) < 4.78 is 31.2. The average Bonchev–Trinajstić information content (AvgIpc) is 2.48. The molecule has 0 aliphatic heterocycles. The molecule has 0 amide bonds. The first kappa shape index (κ1) is 19.4. The lowest BCUT2D eigenvalue weighted by atomic mass is 10.1. The number of carboxylic acids is 1. The third-order valence-electron chi connectivity index (χ3n) is 3.08. The summed E-state index contributed by atoms with van der Waals surface area (Å²) in [6, 6.07) is 9.40. The third-order valence-corrected chi connectivity index (χ3v) is 4.20. The highest BCUT2D eigenvalue weighted by atomic mass is 35.5. The lowest BCUT2D eigenvalue weighted by Crippen LogP contribution is -2.11. The number of ether oxygens (including phenoxy) is 1. The molecule has 0 radical (unpaired) electrons. The van der Waals surface area contributed by atoms with Crippen molar-refractivity contribution in [2.75, 3.05) is 11.0 Å². The number of hydrogen-bond donors (Lipinski definition) is 2. The average molecular weight is 404 g/mol. The topological polar surface area (TPSA) is 92.7 Å². The van der Waals surface area contributed by atoms with Crippen LogP contribution in [0.2, 0.25) is 10.0 Å². The van der Waals surface area contributed by atoms with Gasteiger partial charge in [0.2, 0.25) is 10.0 Å². The van der Waals surface area contributed by atoms with E-state index in [1.165, 1.54) is 12.1 Å². The van der Waals surface area contributed by atoms with Crippen molar-refractivity contribution >= 4 is 44.9 Å². The van der Waals surface area contributed by atoms with Crippen molar-refractivity contribution in [3.8, 4) is 11.5 Å². The number of aliphatic carboxylic acids is 1. The number of carbonyl (C=O) groups is 1. The van der Waals surface area contributed by atoms with Crippen LogP contribution < -0.4 is 9.46 Å². The molecule has 134 valence electrons. The summed E-state index contributed by atoms with van der Waals surface area (Å²) in [7, 11) is -3.56. The van der Waals surface area contributed by atoms with Gasteiger partial charge in [0, 0.05) is 11.4 Å². The number of rotatable bonds is 7. The molecule has 2 N–H and O–H groups in total. The Morgan fingerprint density at radius 2 is 1.84 bits per heavy atom. The maximum Gasteiger partial charge on any atom is 0.303 e. The maximum absolute atomic E-state index is 11.6. The van der Waals surface area contributed by atoms with Gasteiger partial charge in [0.05, 0.1) is 17.0 Å². The van der Waals surface area contributed by atoms with Gasteiger partial charge in [0.1, 0.15) is 5.75 Å². The monoisotopic (exact) mass is 403 g/mol. The van der Waals surface area contributed by atoms with Crippen molar-refractivity contribution in [1.82, 2.24) is 0 Å². The zero-order chi connectivity index (χ0) is 18.6. The van der Waals surface area contributed by atoms with Crippen LogP contribution >= 0.6 is 23.2 Å². The summed E-state index contributed by atoms with van der Waals surface area (Å²) in [6.45, 7) is 0. The molecule has 2 aromatic carbocycles. The molecule has 6 nitrogen and oxygen atoms in total. The van der Waals surface area contributed by atoms with Crippen LogP contribution in [-0.2, 0) is 21.2 Å². The molecule has 0 heterocycles. The van der Waals surface area contributed by atoms with Crippen LogP contribution in [0.4, 0.5) is 5.69 Å². The van der Waals surface area contributed by atoms with E-state index in [-0.39, 0.29) is 29.3 Å². The molecule has 9 heteroatoms. The Bertz CT molecular complexity index is 899. The van der Waals surface area contributed by atoms with Crippen molar-refractivity contribution in [3.05, 3.63) is 52.0 Å². The summed E-state index contributed by atoms with van der Waals surface area (Å²) in [5.74, 6) is -0.402. The van der Waals surface area contributed by atoms with E-state index in [2.05, 4.69) is 4.72 Å². The summed E-state index contributed by atoms with van der Waals surface area (Å²) >= 11 is 11.9. The number of halogens is 2. The van der Waals surface area contributed by atoms with Gasteiger partial charge >= 0.3 is 5.97 Å². The van der Waals surface area contributed by atoms with Crippen LogP contribution in [0.1, 0.15) is 12.0 Å². The van der Waals surface area contributed by atoms with Crippen LogP contribution in [0.5, 0.6) is 11.5 Å². The maximum atomic E-state index is 11.6. The Morgan fingerprint density at radius 3 is 2.44 bits per heavy atom. The minimum Gasteiger partial charge on any atom is -0.481 e. The van der Waals surface area contributed by atoms with Gasteiger partial charge < -0.3 is 9.84 Å². The van der Waals surface area contributed by atoms with Crippen LogP contribution in [-0.4, -0.2) is 25.7 Å². The molecule has 0 saturated carbocycles. The lowest BCUT2D eigenvalue weighted by molar-refractivity contribution is -0.136. The predicted octanol–water partition coefficient (Wildman–Crippen LogP) is 4.17. The fourth-order valence-corrected chi connectivity index (χ4v) is 3.03. The molecule has 2 aromatic rings. The highest BCUT2D eigenvalue weighted by molar-refractivity contribution is 7.92. The predicted molar refractivity (Wildman–Crippen MR) is 97.4 cm³/mol. The smallest absolute Gasteiger partial charge is 0.303 e. The summed E-state index contributed by atoms with van der Waals surface area (Å²) in [5, 5.41) is 9.48. The molecular formula is C16H15Cl2NO5S. The molecule has 2 rings (SSSR count). The van der Waals surface area contributed by atoms with E-state index in [1.54, 1.807) is 24.3 Å². The normalized spacial score (nSPS) is 11.2. The number of hydrogen-bond acceptors (Lipinski definition) is 4. The number of sulfonamides is 1. The molecule has 0 fully saturated rings. The van der Waals surface area contributed by atoms with Crippen molar-refractivity contribution in [2.24, 2.45) is 0 Å². The zero-order valence-electron chi connectivity index (χ0n) is 13.1. The molecule has 25 heavy (non-hydrogen) atoms. The van der Waals surface area contributed by atoms with Crippen molar-refractivity contribution in [3.63, 3.8) is 0 Å². The van der Waals surface area contributed by atoms with Gasteiger partial charge in [0.25, 0.3) is 0 Å². The largest absolute Gasteiger partial charge is 0.481 e. The second-order valence-electron chi connectivity index (χ2n) is 5.28. The van der Waals surface area contributed by atoms with E-state index in [0.717, 1.165) is 6.26 Å². The quantitative estimate of drug-likeness (QED) is 0.723. The Balaban J connectivity index is 2.36. The van der Waals surface area contributed by atoms with Crippen LogP contribution in [0.3, 0.4) is 0 Å². The second-order valence-corrected chi connectivity index (χ2v) is 7.87. The standard InChI is InChI=1S/C16H15Cl2NO5S/c1-25(22,23)19-13-8-10(3-7-16(20)21)2-5-15(13)24-14-6-4-11(17)9-12(14)18/h2,4-6,8-9,19H,3,7H2,1H3,(H,20,21). The molecule has 0 unspecified atom stereocenters. The van der Waals surface area contributed by atoms with Gasteiger partial charge in [-0.25, -0.2) is 8.42 Å². The Hall–Kier alpha value is -1.96. The Labute approximate surface area is 155 Å². The van der Waals surface area contributed by atoms with Gasteiger partial charge in [-0.05, 0) is 42.3 Å². The van der Waals surface area contributed by atoms with Crippen molar-refractivity contribution in [2.45, 2.75) is 12.8 Å². The van der Waals surface area contributed by atoms with Gasteiger partial charge in [-0.15, -0.1) is 0 Å². The second kappa shape index (κ2) is 7.95. The third kappa shape index (κ3) is 6.12. The molecule has 0 saturated heterocycles. The number of aryl methyl sites for hydroxylation is 1. The van der Waals surface area contributed by atoms with Crippen LogP contribution in [0.15, 0.2) is 36.4 Å². The minimum atomic E-state index is -3.56. The van der Waals surface area contributed by atoms with Crippen LogP contribution in [0, 0.1) is 0 Å². The first-order valence-electron chi connectivity index (χ1n) is 7.09. The van der Waals surface area contributed by atoms with Crippen molar-refractivity contribution in [1.29, 1.82) is 0 Å². The SMILES string of the molecule is CS(=O)(=O)Nc1cc(CCC(=O)O)ccc1Oc1ccc(Cl)cc1Cl. The van der Waals surface area contributed by atoms with E-state index in [4.69, 9.17) is 33.0 Å². The molecule has 0 atom stereocenters. The van der Waals surface area contributed by atoms with Gasteiger partial charge in [0.15, 0.2) is 5.75 Å². The molecule has 0 aromatic heterocycles. The minimum absolute atomic E-state index is 0.0679. The number of nitrogens with one attached hydrogen (secondary N) is 1. The number of anilines is 1. The molecule has 0 spiro atoms.